The van der Waals surface area contributed by atoms with E-state index in [1.807, 2.05) is 0 Å². The molecule has 1 fully saturated rings. The van der Waals surface area contributed by atoms with Crippen LogP contribution in [-0.2, 0) is 29.6 Å². The molecule has 1 N–H and O–H groups in total. The number of rotatable bonds is 7. The van der Waals surface area contributed by atoms with E-state index in [0.717, 1.165) is 6.07 Å². The van der Waals surface area contributed by atoms with Gasteiger partial charge in [-0.3, -0.25) is 9.52 Å². The molecule has 0 aliphatic carbocycles. The van der Waals surface area contributed by atoms with Gasteiger partial charge in [0.25, 0.3) is 10.0 Å². The first-order valence-electron chi connectivity index (χ1n) is 9.13. The number of hydrogen-bond acceptors (Lipinski definition) is 8. The number of amides is 1. The lowest BCUT2D eigenvalue weighted by Gasteiger charge is -2.18. The van der Waals surface area contributed by atoms with Gasteiger partial charge in [-0.05, 0) is 49.4 Å². The highest BCUT2D eigenvalue weighted by Gasteiger charge is 2.37. The Morgan fingerprint density at radius 3 is 2.39 bits per heavy atom. The molecule has 166 valence electrons. The van der Waals surface area contributed by atoms with Crippen LogP contribution in [0.15, 0.2) is 47.4 Å². The lowest BCUT2D eigenvalue weighted by atomic mass is 10.2. The Morgan fingerprint density at radius 1 is 1.16 bits per heavy atom. The fraction of sp³-hybridized carbons (Fsp3) is 0.263. The van der Waals surface area contributed by atoms with Gasteiger partial charge in [-0.1, -0.05) is 0 Å². The number of carbonyl (C=O) groups excluding carboxylic acids is 2. The zero-order chi connectivity index (χ0) is 22.8. The Kier molecular flexibility index (Phi) is 6.23. The fourth-order valence-electron chi connectivity index (χ4n) is 2.98. The van der Waals surface area contributed by atoms with Crippen molar-refractivity contribution in [2.75, 3.05) is 28.5 Å². The molecule has 0 saturated carbocycles. The second-order valence-electron chi connectivity index (χ2n) is 6.46. The van der Waals surface area contributed by atoms with Gasteiger partial charge in [0.2, 0.25) is 15.9 Å². The minimum Gasteiger partial charge on any atom is -0.492 e. The smallest absolute Gasteiger partial charge is 0.337 e. The van der Waals surface area contributed by atoms with E-state index in [2.05, 4.69) is 9.46 Å². The minimum absolute atomic E-state index is 0.00558. The number of nitrogens with one attached hydrogen (secondary N) is 1. The molecule has 3 rings (SSSR count). The summed E-state index contributed by atoms with van der Waals surface area (Å²) in [6.45, 7) is 1.83. The second kappa shape index (κ2) is 8.55. The van der Waals surface area contributed by atoms with Crippen LogP contribution in [0.4, 0.5) is 11.4 Å². The van der Waals surface area contributed by atoms with Crippen molar-refractivity contribution >= 4 is 43.3 Å². The summed E-state index contributed by atoms with van der Waals surface area (Å²) in [7, 11) is -6.87. The Hall–Kier alpha value is -3.12. The van der Waals surface area contributed by atoms with Gasteiger partial charge in [0.05, 0.1) is 30.7 Å². The molecule has 1 aliphatic heterocycles. The molecule has 12 heteroatoms. The topological polar surface area (TPSA) is 136 Å². The molecule has 0 unspecified atom stereocenters. The molecule has 1 saturated heterocycles. The third-order valence-corrected chi connectivity index (χ3v) is 7.48. The van der Waals surface area contributed by atoms with Crippen LogP contribution in [0.5, 0.6) is 5.75 Å². The number of carbonyl (C=O) groups is 2. The van der Waals surface area contributed by atoms with Gasteiger partial charge >= 0.3 is 5.97 Å². The van der Waals surface area contributed by atoms with Gasteiger partial charge in [0, 0.05) is 12.1 Å². The van der Waals surface area contributed by atoms with E-state index >= 15 is 0 Å². The van der Waals surface area contributed by atoms with Crippen molar-refractivity contribution in [2.24, 2.45) is 0 Å². The maximum Gasteiger partial charge on any atom is 0.337 e. The van der Waals surface area contributed by atoms with E-state index in [4.69, 9.17) is 4.74 Å². The SMILES string of the molecule is CCOc1ccc(N2C(=O)CCS2(=O)=O)cc1S(=O)(=O)Nc1ccc(C(=O)OC)cc1. The number of esters is 1. The molecule has 1 heterocycles. The first-order valence-corrected chi connectivity index (χ1v) is 12.2. The summed E-state index contributed by atoms with van der Waals surface area (Å²) in [4.78, 5) is 23.3. The Bertz CT molecular complexity index is 1220. The van der Waals surface area contributed by atoms with Crippen molar-refractivity contribution in [3.05, 3.63) is 48.0 Å². The highest BCUT2D eigenvalue weighted by molar-refractivity contribution is 7.94. The largest absolute Gasteiger partial charge is 0.492 e. The predicted molar refractivity (Wildman–Crippen MR) is 112 cm³/mol. The van der Waals surface area contributed by atoms with Gasteiger partial charge in [-0.2, -0.15) is 0 Å². The van der Waals surface area contributed by atoms with Crippen LogP contribution < -0.4 is 13.8 Å². The van der Waals surface area contributed by atoms with E-state index in [1.165, 1.54) is 43.5 Å². The predicted octanol–water partition coefficient (Wildman–Crippen LogP) is 1.74. The summed E-state index contributed by atoms with van der Waals surface area (Å²) in [5, 5.41) is 0. The molecule has 1 amide bonds. The fourth-order valence-corrected chi connectivity index (χ4v) is 5.65. The summed E-state index contributed by atoms with van der Waals surface area (Å²) in [6, 6.07) is 9.23. The Labute approximate surface area is 179 Å². The number of anilines is 2. The zero-order valence-corrected chi connectivity index (χ0v) is 18.3. The van der Waals surface area contributed by atoms with Crippen molar-refractivity contribution in [1.82, 2.24) is 0 Å². The third kappa shape index (κ3) is 4.64. The number of ether oxygens (including phenoxy) is 2. The first kappa shape index (κ1) is 22.6. The summed E-state index contributed by atoms with van der Waals surface area (Å²) in [6.07, 6.45) is -0.178. The summed E-state index contributed by atoms with van der Waals surface area (Å²) in [5.74, 6) is -1.56. The molecule has 2 aromatic carbocycles. The maximum atomic E-state index is 13.0. The molecule has 0 radical (unpaired) electrons. The second-order valence-corrected chi connectivity index (χ2v) is 10.1. The summed E-state index contributed by atoms with van der Waals surface area (Å²) < 4.78 is 63.5. The lowest BCUT2D eigenvalue weighted by Crippen LogP contribution is -2.29. The molecule has 0 aromatic heterocycles. The van der Waals surface area contributed by atoms with E-state index in [0.29, 0.717) is 4.31 Å². The number of sulfonamides is 2. The average molecular weight is 469 g/mol. The molecule has 10 nitrogen and oxygen atoms in total. The van der Waals surface area contributed by atoms with Crippen LogP contribution in [0.3, 0.4) is 0 Å². The number of hydrogen-bond donors (Lipinski definition) is 1. The van der Waals surface area contributed by atoms with Crippen LogP contribution in [0.25, 0.3) is 0 Å². The van der Waals surface area contributed by atoms with Crippen molar-refractivity contribution in [3.63, 3.8) is 0 Å². The van der Waals surface area contributed by atoms with Gasteiger partial charge in [-0.15, -0.1) is 0 Å². The lowest BCUT2D eigenvalue weighted by molar-refractivity contribution is -0.116. The molecule has 2 aromatic rings. The monoisotopic (exact) mass is 468 g/mol. The maximum absolute atomic E-state index is 13.0. The summed E-state index contributed by atoms with van der Waals surface area (Å²) >= 11 is 0. The van der Waals surface area contributed by atoms with Gasteiger partial charge in [0.15, 0.2) is 0 Å². The van der Waals surface area contributed by atoms with E-state index in [1.54, 1.807) is 6.92 Å². The van der Waals surface area contributed by atoms with Crippen molar-refractivity contribution in [2.45, 2.75) is 18.2 Å². The first-order chi connectivity index (χ1) is 14.6. The molecule has 0 spiro atoms. The highest BCUT2D eigenvalue weighted by Crippen LogP contribution is 2.33. The Morgan fingerprint density at radius 2 is 1.84 bits per heavy atom. The van der Waals surface area contributed by atoms with Gasteiger partial charge in [-0.25, -0.2) is 25.9 Å². The standard InChI is InChI=1S/C19H20N2O8S2/c1-3-29-16-9-8-15(21-18(22)10-11-30(21,24)25)12-17(16)31(26,27)20-14-6-4-13(5-7-14)19(23)28-2/h4-9,12,20H,3,10-11H2,1-2H3. The van der Waals surface area contributed by atoms with Crippen LogP contribution in [0.1, 0.15) is 23.7 Å². The number of nitrogens with zero attached hydrogens (tertiary/aromatic N) is 1. The normalized spacial score (nSPS) is 15.5. The van der Waals surface area contributed by atoms with Crippen LogP contribution in [-0.4, -0.2) is 48.2 Å². The van der Waals surface area contributed by atoms with Crippen LogP contribution >= 0.6 is 0 Å². The van der Waals surface area contributed by atoms with E-state index in [-0.39, 0.29) is 46.4 Å². The number of benzene rings is 2. The summed E-state index contributed by atoms with van der Waals surface area (Å²) in [5.41, 5.74) is 0.304. The quantitative estimate of drug-likeness (QED) is 0.607. The van der Waals surface area contributed by atoms with Gasteiger partial charge < -0.3 is 9.47 Å². The van der Waals surface area contributed by atoms with E-state index < -0.39 is 31.9 Å². The zero-order valence-electron chi connectivity index (χ0n) is 16.7. The number of methoxy groups -OCH3 is 1. The average Bonchev–Trinajstić information content (AvgIpc) is 3.00. The van der Waals surface area contributed by atoms with Crippen LogP contribution in [0.2, 0.25) is 0 Å². The molecular formula is C19H20N2O8S2. The van der Waals surface area contributed by atoms with Crippen LogP contribution in [0, 0.1) is 0 Å². The van der Waals surface area contributed by atoms with E-state index in [9.17, 15) is 26.4 Å². The molecular weight excluding hydrogens is 448 g/mol. The van der Waals surface area contributed by atoms with Crippen molar-refractivity contribution < 1.29 is 35.9 Å². The minimum atomic E-state index is -4.24. The molecule has 0 atom stereocenters. The third-order valence-electron chi connectivity index (χ3n) is 4.39. The van der Waals surface area contributed by atoms with Crippen molar-refractivity contribution in [1.29, 1.82) is 0 Å². The molecule has 31 heavy (non-hydrogen) atoms. The van der Waals surface area contributed by atoms with Crippen molar-refractivity contribution in [3.8, 4) is 5.75 Å². The Balaban J connectivity index is 2.00. The molecule has 1 aliphatic rings. The molecule has 0 bridgehead atoms. The highest BCUT2D eigenvalue weighted by atomic mass is 32.2. The van der Waals surface area contributed by atoms with Gasteiger partial charge in [0.1, 0.15) is 10.6 Å².